The number of halogens is 3. The van der Waals surface area contributed by atoms with Gasteiger partial charge in [0.2, 0.25) is 0 Å². The van der Waals surface area contributed by atoms with E-state index in [0.717, 1.165) is 35.1 Å². The number of fused-ring (bicyclic) bond motifs is 4. The summed E-state index contributed by atoms with van der Waals surface area (Å²) >= 11 is 0. The number of allylic oxidation sites excluding steroid dienone is 4. The van der Waals surface area contributed by atoms with Crippen LogP contribution < -0.4 is 0 Å². The first kappa shape index (κ1) is 118. The third-order valence-electron chi connectivity index (χ3n) is 33.9. The molecule has 8 saturated heterocycles. The maximum atomic E-state index is 14.9. The number of hydrogen-bond acceptors (Lipinski definition) is 30. The standard InChI is InChI=1S/C55H85F3O16SSi.C54H86O14Si/c1-16-30(2)46-33(5)22-23-53(72-46)28-39-25-38(71-53)21-20-32(4)45(31(3)18-17-19-37-29-65-50-47(74-76(14,15)52(9,10)11)34(6)24-40(51(59)68-39)54(37,50)60)69-43-26-41(63-12)48(35(7)66-43)70-44-27-42(64-13)49(36(8)67-44)73-75(61,62)55(56,57)58;1-16-30(2)47-33(5)22-23-53(67-47)28-39-25-38(66-53)21-20-32(4)46(64-44-27-42(59-13)49(36(8)62-44)65-43-26-41(58-12)45(55)35(7)61-43)31(3)18-17-19-37-29-60-50-48(68-69(14,15)52(9,10)11)34(6)24-40(51(56)63-39)54(37,50)57/h17-20,22-24,30-31,33,35-36,38-50,60H,16,21,25-29H2,1-15H3;17-20,22-24,30-31,33,35-36,38-50,55,57H,16,21,25-29H2,1-15H3/b2*18-17+,32-20+,37-19+/t30-,31+,33+,35+,36+,38-,39+,40+,41+,42+,43+,44+,45+,46-,47-,48+,49+,50-,53-,54-;30-,31+,33+,35+,36+,38-,39+,40+,41+,42+,43+,44+,45+,46+,47-,48-,49+,50-,53-,54-/m11/s1. The second-order valence-electron chi connectivity index (χ2n) is 46.6. The molecule has 0 saturated carbocycles. The molecular formula is C109H171F3O30SSi2. The first-order valence-corrected chi connectivity index (χ1v) is 60.1. The number of rotatable bonds is 22. The number of carbonyl (C=O) groups is 2. The zero-order valence-electron chi connectivity index (χ0n) is 91.2. The van der Waals surface area contributed by atoms with Gasteiger partial charge in [0.15, 0.2) is 53.4 Å². The summed E-state index contributed by atoms with van der Waals surface area (Å²) < 4.78 is 211. The first-order valence-electron chi connectivity index (χ1n) is 52.8. The molecule has 4 bridgehead atoms. The van der Waals surface area contributed by atoms with Crippen molar-refractivity contribution in [3.8, 4) is 0 Å². The van der Waals surface area contributed by atoms with E-state index in [1.54, 1.807) is 21.1 Å². The summed E-state index contributed by atoms with van der Waals surface area (Å²) in [6, 6.07) is 0. The van der Waals surface area contributed by atoms with Crippen LogP contribution in [0.4, 0.5) is 13.2 Å². The van der Waals surface area contributed by atoms with Gasteiger partial charge in [-0.1, -0.05) is 183 Å². The minimum atomic E-state index is -5.94. The molecule has 0 aromatic rings. The summed E-state index contributed by atoms with van der Waals surface area (Å²) in [4.78, 5) is 29.7. The Morgan fingerprint density at radius 3 is 1.18 bits per heavy atom. The summed E-state index contributed by atoms with van der Waals surface area (Å²) in [6.07, 6.45) is 14.6. The highest BCUT2D eigenvalue weighted by Gasteiger charge is 2.65. The molecule has 2 aliphatic carbocycles. The lowest BCUT2D eigenvalue weighted by molar-refractivity contribution is -0.318. The highest BCUT2D eigenvalue weighted by Crippen LogP contribution is 2.55. The molecule has 0 aromatic heterocycles. The molecule has 12 aliphatic heterocycles. The molecule has 0 radical (unpaired) electrons. The molecule has 145 heavy (non-hydrogen) atoms. The highest BCUT2D eigenvalue weighted by atomic mass is 32.2. The van der Waals surface area contributed by atoms with Crippen LogP contribution in [-0.4, -0.2) is 294 Å². The van der Waals surface area contributed by atoms with Crippen LogP contribution in [0.25, 0.3) is 0 Å². The number of carbonyl (C=O) groups excluding carboxylic acids is 2. The molecule has 2 spiro atoms. The first-order chi connectivity index (χ1) is 67.8. The third kappa shape index (κ3) is 25.9. The van der Waals surface area contributed by atoms with Crippen LogP contribution >= 0.6 is 0 Å². The van der Waals surface area contributed by atoms with E-state index in [0.29, 0.717) is 56.1 Å². The smallest absolute Gasteiger partial charge is 0.462 e. The van der Waals surface area contributed by atoms with Crippen LogP contribution in [0.15, 0.2) is 119 Å². The van der Waals surface area contributed by atoms with Crippen molar-refractivity contribution in [2.75, 3.05) is 41.7 Å². The lowest BCUT2D eigenvalue weighted by Crippen LogP contribution is -2.60. The molecule has 0 amide bonds. The zero-order chi connectivity index (χ0) is 106. The summed E-state index contributed by atoms with van der Waals surface area (Å²) in [5.74, 6) is -5.19. The van der Waals surface area contributed by atoms with E-state index in [-0.39, 0.29) is 102 Å². The Labute approximate surface area is 861 Å². The van der Waals surface area contributed by atoms with Gasteiger partial charge >= 0.3 is 27.6 Å². The van der Waals surface area contributed by atoms with Crippen molar-refractivity contribution in [3.63, 3.8) is 0 Å². The van der Waals surface area contributed by atoms with Gasteiger partial charge in [-0.15, -0.1) is 0 Å². The predicted molar refractivity (Wildman–Crippen MR) is 541 cm³/mol. The summed E-state index contributed by atoms with van der Waals surface area (Å²) in [5.41, 5.74) is -4.60. The van der Waals surface area contributed by atoms with Crippen LogP contribution in [-0.2, 0) is 127 Å². The van der Waals surface area contributed by atoms with Gasteiger partial charge in [-0.3, -0.25) is 13.8 Å². The predicted octanol–water partition coefficient (Wildman–Crippen LogP) is 17.7. The van der Waals surface area contributed by atoms with E-state index >= 15 is 0 Å². The minimum Gasteiger partial charge on any atom is -0.462 e. The van der Waals surface area contributed by atoms with Gasteiger partial charge in [-0.05, 0) is 162 Å². The monoisotopic (exact) mass is 2110 g/mol. The van der Waals surface area contributed by atoms with E-state index in [1.165, 1.54) is 21.1 Å². The van der Waals surface area contributed by atoms with Gasteiger partial charge in [-0.2, -0.15) is 21.6 Å². The number of ether oxygens (including phenoxy) is 20. The molecule has 14 rings (SSSR count). The van der Waals surface area contributed by atoms with E-state index in [4.69, 9.17) is 104 Å². The average Bonchev–Trinajstić information content (AvgIpc) is 1.56. The Kier molecular flexibility index (Phi) is 38.2. The van der Waals surface area contributed by atoms with Crippen LogP contribution in [0.3, 0.4) is 0 Å². The number of aliphatic hydroxyl groups is 3. The number of hydrogen-bond donors (Lipinski definition) is 3. The quantitative estimate of drug-likeness (QED) is 0.0298. The number of methoxy groups -OCH3 is 4. The SMILES string of the molecule is CC[C@@H](C)[C@H]1O[C@]2(C=C[C@@H]1C)C[C@@H]1C[C@@H](C/C=C(\C)[C@@H](O[C@H]3C[C@H](OC)[C@@H](O[C@H]4C[C@H](OC)[C@@H](O)[C@H](C)O4)[C@H](C)O3)[C@@H](C)/C=C/C=C3\CO[C@@H]4[C@H](O[Si](C)(C)C(C)(C)C)C(C)=C[C@@H](C(=O)O1)[C@]34O)O2.CC[C@@H](C)[C@H]1O[C@]2(C=C[C@@H]1C)C[C@@H]1C[C@@H](C/C=C(\C)[C@@H](O[C@H]3C[C@H](OC)[C@@H](O[C@H]4C[C@H](OC)[C@@H](OS(=O)(=O)C(F)(F)F)[C@H](C)O4)[C@H](C)O3)[C@@H](C)/C=C/C=C3\CO[C@@H]4[C@H](O[Si](C)(C)C(C)(C)C)C(C)=C[C@@H](C(=O)O1)[C@]34O)O2. The largest absolute Gasteiger partial charge is 0.523 e. The maximum absolute atomic E-state index is 14.9. The summed E-state index contributed by atoms with van der Waals surface area (Å²) in [5, 5.41) is 36.7. The third-order valence-corrected chi connectivity index (χ3v) is 43.8. The summed E-state index contributed by atoms with van der Waals surface area (Å²) in [6.45, 7) is 53.9. The Hall–Kier alpha value is -4.45. The Morgan fingerprint density at radius 1 is 0.469 bits per heavy atom. The second-order valence-corrected chi connectivity index (χ2v) is 57.7. The van der Waals surface area contributed by atoms with E-state index < -0.39 is 226 Å². The van der Waals surface area contributed by atoms with Crippen LogP contribution in [0.5, 0.6) is 0 Å². The van der Waals surface area contributed by atoms with Crippen molar-refractivity contribution in [2.45, 2.75) is 466 Å². The van der Waals surface area contributed by atoms with Crippen molar-refractivity contribution in [3.05, 3.63) is 119 Å². The van der Waals surface area contributed by atoms with Crippen molar-refractivity contribution in [1.29, 1.82) is 0 Å². The fourth-order valence-electron chi connectivity index (χ4n) is 22.7. The van der Waals surface area contributed by atoms with Crippen molar-refractivity contribution in [2.24, 2.45) is 47.3 Å². The van der Waals surface area contributed by atoms with Crippen LogP contribution in [0, 0.1) is 47.3 Å². The van der Waals surface area contributed by atoms with Gasteiger partial charge in [0, 0.05) is 103 Å². The molecule has 8 fully saturated rings. The number of esters is 2. The normalized spacial score (nSPS) is 44.5. The van der Waals surface area contributed by atoms with E-state index in [1.807, 2.05) is 96.2 Å². The highest BCUT2D eigenvalue weighted by molar-refractivity contribution is 7.87. The molecule has 36 heteroatoms. The Morgan fingerprint density at radius 2 is 0.821 bits per heavy atom. The van der Waals surface area contributed by atoms with Crippen molar-refractivity contribution < 1.29 is 154 Å². The summed E-state index contributed by atoms with van der Waals surface area (Å²) in [7, 11) is -4.73. The van der Waals surface area contributed by atoms with E-state index in [9.17, 15) is 46.5 Å². The van der Waals surface area contributed by atoms with Crippen LogP contribution in [0.2, 0.25) is 36.3 Å². The molecule has 0 unspecified atom stereocenters. The molecule has 14 aliphatic rings. The van der Waals surface area contributed by atoms with Gasteiger partial charge in [0.05, 0.1) is 111 Å². The molecule has 30 nitrogen and oxygen atoms in total. The molecule has 3 N–H and O–H groups in total. The topological polar surface area (TPSA) is 341 Å². The second kappa shape index (κ2) is 47.1. The molecule has 40 atom stereocenters. The Bertz CT molecular complexity index is 4850. The maximum Gasteiger partial charge on any atom is 0.523 e. The number of aliphatic hydroxyl groups excluding tert-OH is 1. The lowest BCUT2D eigenvalue weighted by atomic mass is 9.71. The fraction of sp³-hybridized carbons (Fsp3) is 0.798. The van der Waals surface area contributed by atoms with Gasteiger partial charge in [0.25, 0.3) is 0 Å². The molecular weight excluding hydrogens is 1930 g/mol. The average molecular weight is 2110 g/mol. The van der Waals surface area contributed by atoms with Gasteiger partial charge in [0.1, 0.15) is 71.9 Å². The minimum absolute atomic E-state index is 0.0536. The Balaban J connectivity index is 0.000000244. The molecule has 0 aromatic carbocycles. The molecule has 822 valence electrons. The zero-order valence-corrected chi connectivity index (χ0v) is 94.0. The van der Waals surface area contributed by atoms with Crippen molar-refractivity contribution >= 4 is 38.7 Å². The van der Waals surface area contributed by atoms with Crippen molar-refractivity contribution in [1.82, 2.24) is 0 Å². The van der Waals surface area contributed by atoms with Crippen LogP contribution in [0.1, 0.15) is 229 Å². The van der Waals surface area contributed by atoms with E-state index in [2.05, 4.69) is 158 Å². The fourth-order valence-corrected chi connectivity index (χ4v) is 26.0. The lowest BCUT2D eigenvalue weighted by Gasteiger charge is -2.49. The van der Waals surface area contributed by atoms with Gasteiger partial charge in [-0.25, -0.2) is 0 Å². The van der Waals surface area contributed by atoms with Gasteiger partial charge < -0.3 is 119 Å². The molecule has 12 heterocycles. The number of alkyl halides is 3.